The van der Waals surface area contributed by atoms with Crippen LogP contribution in [0.5, 0.6) is 11.5 Å². The lowest BCUT2D eigenvalue weighted by atomic mass is 10.1. The molecule has 0 radical (unpaired) electrons. The zero-order chi connectivity index (χ0) is 20.0. The molecule has 0 spiro atoms. The van der Waals surface area contributed by atoms with Crippen LogP contribution in [0.2, 0.25) is 0 Å². The van der Waals surface area contributed by atoms with Crippen LogP contribution in [0.3, 0.4) is 0 Å². The van der Waals surface area contributed by atoms with E-state index in [2.05, 4.69) is 29.2 Å². The third kappa shape index (κ3) is 5.39. The number of hydrogen-bond donors (Lipinski definition) is 0. The molecule has 2 aromatic carbocycles. The van der Waals surface area contributed by atoms with Crippen molar-refractivity contribution in [2.75, 3.05) is 32.6 Å². The molecule has 27 heavy (non-hydrogen) atoms. The van der Waals surface area contributed by atoms with Crippen molar-refractivity contribution in [2.24, 2.45) is 0 Å². The minimum absolute atomic E-state index is 0.0245. The Morgan fingerprint density at radius 2 is 1.70 bits per heavy atom. The van der Waals surface area contributed by atoms with Gasteiger partial charge in [0.2, 0.25) is 0 Å². The lowest BCUT2D eigenvalue weighted by molar-refractivity contribution is 0.0752. The number of amides is 1. The predicted molar refractivity (Wildman–Crippen MR) is 110 cm³/mol. The minimum atomic E-state index is -0.0245. The maximum atomic E-state index is 13.0. The molecule has 2 aromatic rings. The molecule has 0 aliphatic rings. The van der Waals surface area contributed by atoms with Gasteiger partial charge in [-0.15, -0.1) is 0 Å². The number of anilines is 1. The number of hydrogen-bond acceptors (Lipinski definition) is 4. The van der Waals surface area contributed by atoms with Crippen LogP contribution in [-0.2, 0) is 6.54 Å². The maximum absolute atomic E-state index is 13.0. The second-order valence-corrected chi connectivity index (χ2v) is 6.91. The second-order valence-electron chi connectivity index (χ2n) is 6.91. The number of methoxy groups -OCH3 is 1. The van der Waals surface area contributed by atoms with Crippen molar-refractivity contribution in [3.05, 3.63) is 53.6 Å². The Hall–Kier alpha value is -2.69. The van der Waals surface area contributed by atoms with Crippen LogP contribution in [0, 0.1) is 0 Å². The number of nitrogens with zero attached hydrogens (tertiary/aromatic N) is 2. The molecule has 1 amide bonds. The van der Waals surface area contributed by atoms with Gasteiger partial charge in [0.25, 0.3) is 5.91 Å². The summed E-state index contributed by atoms with van der Waals surface area (Å²) in [5, 5.41) is 0. The monoisotopic (exact) mass is 370 g/mol. The van der Waals surface area contributed by atoms with E-state index in [1.54, 1.807) is 25.3 Å². The number of carbonyl (C=O) groups excluding carboxylic acids is 1. The third-order valence-corrected chi connectivity index (χ3v) is 4.27. The summed E-state index contributed by atoms with van der Waals surface area (Å²) >= 11 is 0. The molecule has 5 nitrogen and oxygen atoms in total. The molecule has 0 N–H and O–H groups in total. The van der Waals surface area contributed by atoms with Gasteiger partial charge in [0.15, 0.2) is 11.5 Å². The topological polar surface area (TPSA) is 42.0 Å². The van der Waals surface area contributed by atoms with E-state index in [-0.39, 0.29) is 12.0 Å². The third-order valence-electron chi connectivity index (χ3n) is 4.27. The molecule has 0 heterocycles. The van der Waals surface area contributed by atoms with Gasteiger partial charge in [-0.3, -0.25) is 4.79 Å². The first-order chi connectivity index (χ1) is 12.8. The van der Waals surface area contributed by atoms with Gasteiger partial charge >= 0.3 is 0 Å². The van der Waals surface area contributed by atoms with Gasteiger partial charge in [-0.25, -0.2) is 0 Å². The Kier molecular flexibility index (Phi) is 7.11. The fraction of sp³-hybridized carbons (Fsp3) is 0.409. The molecule has 0 atom stereocenters. The molecule has 0 unspecified atom stereocenters. The van der Waals surface area contributed by atoms with Gasteiger partial charge < -0.3 is 19.3 Å². The van der Waals surface area contributed by atoms with Crippen molar-refractivity contribution in [3.8, 4) is 11.5 Å². The average molecular weight is 370 g/mol. The van der Waals surface area contributed by atoms with E-state index >= 15 is 0 Å². The Bertz CT molecular complexity index is 755. The Morgan fingerprint density at radius 1 is 1.04 bits per heavy atom. The first kappa shape index (κ1) is 20.6. The highest BCUT2D eigenvalue weighted by Gasteiger charge is 2.17. The summed E-state index contributed by atoms with van der Waals surface area (Å²) < 4.78 is 11.1. The first-order valence-corrected chi connectivity index (χ1v) is 9.26. The van der Waals surface area contributed by atoms with E-state index in [1.807, 2.05) is 39.8 Å². The van der Waals surface area contributed by atoms with Gasteiger partial charge in [-0.1, -0.05) is 12.1 Å². The predicted octanol–water partition coefficient (Wildman–Crippen LogP) is 4.21. The van der Waals surface area contributed by atoms with E-state index in [0.717, 1.165) is 11.3 Å². The molecule has 146 valence electrons. The normalized spacial score (nSPS) is 10.6. The van der Waals surface area contributed by atoms with Crippen molar-refractivity contribution in [1.82, 2.24) is 4.90 Å². The Labute approximate surface area is 162 Å². The van der Waals surface area contributed by atoms with Gasteiger partial charge in [0, 0.05) is 38.4 Å². The van der Waals surface area contributed by atoms with Crippen molar-refractivity contribution < 1.29 is 14.3 Å². The fourth-order valence-corrected chi connectivity index (χ4v) is 2.78. The van der Waals surface area contributed by atoms with Crippen LogP contribution in [0.25, 0.3) is 0 Å². The van der Waals surface area contributed by atoms with Crippen LogP contribution in [0.15, 0.2) is 42.5 Å². The fourth-order valence-electron chi connectivity index (χ4n) is 2.78. The van der Waals surface area contributed by atoms with Crippen LogP contribution in [-0.4, -0.2) is 44.7 Å². The number of rotatable bonds is 8. The van der Waals surface area contributed by atoms with E-state index < -0.39 is 0 Å². The molecule has 0 fully saturated rings. The van der Waals surface area contributed by atoms with E-state index in [0.29, 0.717) is 30.2 Å². The van der Waals surface area contributed by atoms with Crippen LogP contribution < -0.4 is 14.4 Å². The van der Waals surface area contributed by atoms with Crippen LogP contribution in [0.1, 0.15) is 36.7 Å². The summed E-state index contributed by atoms with van der Waals surface area (Å²) in [5.41, 5.74) is 2.83. The van der Waals surface area contributed by atoms with Crippen molar-refractivity contribution in [1.29, 1.82) is 0 Å². The zero-order valence-electron chi connectivity index (χ0n) is 17.2. The lowest BCUT2D eigenvalue weighted by Crippen LogP contribution is -2.30. The van der Waals surface area contributed by atoms with E-state index in [9.17, 15) is 4.79 Å². The van der Waals surface area contributed by atoms with Crippen molar-refractivity contribution in [2.45, 2.75) is 33.4 Å². The van der Waals surface area contributed by atoms with Gasteiger partial charge in [0.05, 0.1) is 13.2 Å². The van der Waals surface area contributed by atoms with Crippen LogP contribution >= 0.6 is 0 Å². The molecular weight excluding hydrogens is 340 g/mol. The first-order valence-electron chi connectivity index (χ1n) is 9.26. The summed E-state index contributed by atoms with van der Waals surface area (Å²) in [6.07, 6.45) is 0.0396. The van der Waals surface area contributed by atoms with Gasteiger partial charge in [-0.05, 0) is 56.7 Å². The number of ether oxygens (including phenoxy) is 2. The summed E-state index contributed by atoms with van der Waals surface area (Å²) in [6, 6.07) is 13.6. The highest BCUT2D eigenvalue weighted by molar-refractivity contribution is 5.95. The van der Waals surface area contributed by atoms with Gasteiger partial charge in [0.1, 0.15) is 0 Å². The maximum Gasteiger partial charge on any atom is 0.254 e. The summed E-state index contributed by atoms with van der Waals surface area (Å²) in [5.74, 6) is 1.19. The molecule has 0 bridgehead atoms. The molecule has 0 aliphatic heterocycles. The summed E-state index contributed by atoms with van der Waals surface area (Å²) in [7, 11) is 5.61. The Balaban J connectivity index is 2.18. The highest BCUT2D eigenvalue weighted by Crippen LogP contribution is 2.29. The summed E-state index contributed by atoms with van der Waals surface area (Å²) in [4.78, 5) is 16.9. The molecule has 5 heteroatoms. The zero-order valence-corrected chi connectivity index (χ0v) is 17.2. The average Bonchev–Trinajstić information content (AvgIpc) is 2.65. The molecule has 0 aliphatic carbocycles. The van der Waals surface area contributed by atoms with E-state index in [4.69, 9.17) is 9.47 Å². The van der Waals surface area contributed by atoms with E-state index in [1.165, 1.54) is 0 Å². The number of carbonyl (C=O) groups is 1. The van der Waals surface area contributed by atoms with Gasteiger partial charge in [-0.2, -0.15) is 0 Å². The standard InChI is InChI=1S/C22H30N2O3/c1-7-24(15-17-8-11-19(12-9-17)23(4)5)22(25)18-10-13-20(27-16(2)3)21(14-18)26-6/h8-14,16H,7,15H2,1-6H3. The number of benzene rings is 2. The summed E-state index contributed by atoms with van der Waals surface area (Å²) in [6.45, 7) is 7.09. The highest BCUT2D eigenvalue weighted by atomic mass is 16.5. The molecule has 0 saturated heterocycles. The largest absolute Gasteiger partial charge is 0.493 e. The SMILES string of the molecule is CCN(Cc1ccc(N(C)C)cc1)C(=O)c1ccc(OC(C)C)c(OC)c1. The Morgan fingerprint density at radius 3 is 2.22 bits per heavy atom. The lowest BCUT2D eigenvalue weighted by Gasteiger charge is -2.22. The molecule has 0 aromatic heterocycles. The molecule has 2 rings (SSSR count). The minimum Gasteiger partial charge on any atom is -0.493 e. The molecular formula is C22H30N2O3. The molecule has 0 saturated carbocycles. The smallest absolute Gasteiger partial charge is 0.254 e. The van der Waals surface area contributed by atoms with Crippen LogP contribution in [0.4, 0.5) is 5.69 Å². The van der Waals surface area contributed by atoms with Crippen molar-refractivity contribution >= 4 is 11.6 Å². The van der Waals surface area contributed by atoms with Crippen molar-refractivity contribution in [3.63, 3.8) is 0 Å². The quantitative estimate of drug-likeness (QED) is 0.698. The second kappa shape index (κ2) is 9.31.